The van der Waals surface area contributed by atoms with E-state index in [1.807, 2.05) is 6.07 Å². The zero-order chi connectivity index (χ0) is 8.55. The third kappa shape index (κ3) is 1.42. The number of aromatic nitrogens is 1. The van der Waals surface area contributed by atoms with Crippen molar-refractivity contribution in [3.8, 4) is 5.88 Å². The molecule has 0 unspecified atom stereocenters. The summed E-state index contributed by atoms with van der Waals surface area (Å²) in [4.78, 5) is 3.73. The van der Waals surface area contributed by atoms with Gasteiger partial charge in [-0.3, -0.25) is 0 Å². The highest BCUT2D eigenvalue weighted by atomic mass is 16.3. The number of pyridine rings is 1. The average molecular weight is 162 g/mol. The molecule has 1 aromatic heterocycles. The van der Waals surface area contributed by atoms with E-state index in [0.29, 0.717) is 5.92 Å². The molecule has 0 aliphatic heterocycles. The Morgan fingerprint density at radius 3 is 2.92 bits per heavy atom. The highest BCUT2D eigenvalue weighted by Gasteiger charge is 2.28. The Hall–Kier alpha value is -1.05. The Balaban J connectivity index is 2.20. The molecule has 1 fully saturated rings. The summed E-state index contributed by atoms with van der Waals surface area (Å²) in [5, 5.41) is 9.13. The van der Waals surface area contributed by atoms with Crippen molar-refractivity contribution in [2.24, 2.45) is 5.92 Å². The normalized spacial score (nSPS) is 19.1. The Morgan fingerprint density at radius 1 is 1.58 bits per heavy atom. The Morgan fingerprint density at radius 2 is 2.33 bits per heavy atom. The van der Waals surface area contributed by atoms with Crippen LogP contribution in [0.15, 0.2) is 18.3 Å². The SMILES string of the molecule is [CH2][C@H](c1ccnc(O)c1)C1CC1. The molecule has 1 aliphatic rings. The van der Waals surface area contributed by atoms with Crippen molar-refractivity contribution < 1.29 is 5.11 Å². The van der Waals surface area contributed by atoms with E-state index < -0.39 is 0 Å². The van der Waals surface area contributed by atoms with Crippen LogP contribution in [0.5, 0.6) is 5.88 Å². The second kappa shape index (κ2) is 2.77. The lowest BCUT2D eigenvalue weighted by molar-refractivity contribution is 0.452. The minimum Gasteiger partial charge on any atom is -0.493 e. The topological polar surface area (TPSA) is 33.1 Å². The molecule has 1 aromatic rings. The molecule has 12 heavy (non-hydrogen) atoms. The zero-order valence-electron chi connectivity index (χ0n) is 6.90. The van der Waals surface area contributed by atoms with Crippen LogP contribution in [-0.2, 0) is 0 Å². The maximum absolute atomic E-state index is 9.13. The molecule has 1 heterocycles. The van der Waals surface area contributed by atoms with E-state index in [1.165, 1.54) is 12.8 Å². The zero-order valence-corrected chi connectivity index (χ0v) is 6.90. The van der Waals surface area contributed by atoms with Gasteiger partial charge in [-0.05, 0) is 43.2 Å². The molecule has 1 aliphatic carbocycles. The van der Waals surface area contributed by atoms with Crippen LogP contribution in [-0.4, -0.2) is 10.1 Å². The Bertz CT molecular complexity index is 281. The molecule has 1 radical (unpaired) electrons. The van der Waals surface area contributed by atoms with Gasteiger partial charge >= 0.3 is 0 Å². The number of aromatic hydroxyl groups is 1. The van der Waals surface area contributed by atoms with Crippen molar-refractivity contribution in [2.75, 3.05) is 0 Å². The lowest BCUT2D eigenvalue weighted by atomic mass is 9.97. The predicted octanol–water partition coefficient (Wildman–Crippen LogP) is 2.11. The smallest absolute Gasteiger partial charge is 0.210 e. The Labute approximate surface area is 72.3 Å². The quantitative estimate of drug-likeness (QED) is 0.722. The third-order valence-electron chi connectivity index (χ3n) is 2.39. The minimum absolute atomic E-state index is 0.0989. The van der Waals surface area contributed by atoms with Crippen LogP contribution in [0.1, 0.15) is 24.3 Å². The van der Waals surface area contributed by atoms with Gasteiger partial charge < -0.3 is 5.11 Å². The summed E-state index contributed by atoms with van der Waals surface area (Å²) in [5.74, 6) is 1.16. The molecule has 2 nitrogen and oxygen atoms in total. The molecular weight excluding hydrogens is 150 g/mol. The largest absolute Gasteiger partial charge is 0.493 e. The summed E-state index contributed by atoms with van der Waals surface area (Å²) in [7, 11) is 0. The van der Waals surface area contributed by atoms with Crippen LogP contribution in [0.3, 0.4) is 0 Å². The van der Waals surface area contributed by atoms with Gasteiger partial charge in [0.15, 0.2) is 0 Å². The van der Waals surface area contributed by atoms with E-state index in [9.17, 15) is 0 Å². The van der Waals surface area contributed by atoms with Crippen molar-refractivity contribution in [2.45, 2.75) is 18.8 Å². The van der Waals surface area contributed by atoms with Crippen molar-refractivity contribution in [3.63, 3.8) is 0 Å². The summed E-state index contributed by atoms with van der Waals surface area (Å²) in [6, 6.07) is 3.63. The molecule has 0 bridgehead atoms. The fourth-order valence-electron chi connectivity index (χ4n) is 1.44. The maximum Gasteiger partial charge on any atom is 0.210 e. The van der Waals surface area contributed by atoms with E-state index in [0.717, 1.165) is 11.5 Å². The van der Waals surface area contributed by atoms with Crippen molar-refractivity contribution in [1.82, 2.24) is 4.98 Å². The molecule has 63 valence electrons. The standard InChI is InChI=1S/C10H12NO/c1-7(8-2-3-8)9-4-5-11-10(12)6-9/h4-8H,1-3H2,(H,11,12)/t7-/m0/s1. The van der Waals surface area contributed by atoms with Crippen molar-refractivity contribution in [3.05, 3.63) is 30.8 Å². The van der Waals surface area contributed by atoms with Gasteiger partial charge in [0.25, 0.3) is 0 Å². The summed E-state index contributed by atoms with van der Waals surface area (Å²) in [6.07, 6.45) is 4.18. The molecule has 0 aromatic carbocycles. The number of hydrogen-bond donors (Lipinski definition) is 1. The van der Waals surface area contributed by atoms with Crippen LogP contribution >= 0.6 is 0 Å². The summed E-state index contributed by atoms with van der Waals surface area (Å²) in [5.41, 5.74) is 1.10. The minimum atomic E-state index is 0.0989. The second-order valence-electron chi connectivity index (χ2n) is 3.39. The van der Waals surface area contributed by atoms with Gasteiger partial charge in [0.1, 0.15) is 0 Å². The molecule has 2 rings (SSSR count). The van der Waals surface area contributed by atoms with E-state index in [2.05, 4.69) is 11.9 Å². The van der Waals surface area contributed by atoms with Gasteiger partial charge in [-0.1, -0.05) is 0 Å². The van der Waals surface area contributed by atoms with Crippen molar-refractivity contribution >= 4 is 0 Å². The van der Waals surface area contributed by atoms with Crippen LogP contribution < -0.4 is 0 Å². The second-order valence-corrected chi connectivity index (χ2v) is 3.39. The molecular formula is C10H12NO. The molecule has 2 heteroatoms. The van der Waals surface area contributed by atoms with Gasteiger partial charge in [-0.2, -0.15) is 0 Å². The summed E-state index contributed by atoms with van der Waals surface area (Å²) in [6.45, 7) is 4.07. The van der Waals surface area contributed by atoms with Gasteiger partial charge in [0, 0.05) is 12.3 Å². The highest BCUT2D eigenvalue weighted by Crippen LogP contribution is 2.42. The monoisotopic (exact) mass is 162 g/mol. The van der Waals surface area contributed by atoms with Gasteiger partial charge in [0.05, 0.1) is 0 Å². The van der Waals surface area contributed by atoms with Crippen LogP contribution in [0, 0.1) is 12.8 Å². The molecule has 0 spiro atoms. The first-order valence-electron chi connectivity index (χ1n) is 4.25. The van der Waals surface area contributed by atoms with Crippen LogP contribution in [0.25, 0.3) is 0 Å². The number of nitrogens with zero attached hydrogens (tertiary/aromatic N) is 1. The predicted molar refractivity (Wildman–Crippen MR) is 46.7 cm³/mol. The van der Waals surface area contributed by atoms with Crippen molar-refractivity contribution in [1.29, 1.82) is 0 Å². The van der Waals surface area contributed by atoms with Gasteiger partial charge in [0.2, 0.25) is 5.88 Å². The summed E-state index contributed by atoms with van der Waals surface area (Å²) >= 11 is 0. The fourth-order valence-corrected chi connectivity index (χ4v) is 1.44. The highest BCUT2D eigenvalue weighted by molar-refractivity contribution is 5.25. The van der Waals surface area contributed by atoms with Gasteiger partial charge in [-0.25, -0.2) is 4.98 Å². The first-order valence-corrected chi connectivity index (χ1v) is 4.25. The molecule has 1 saturated carbocycles. The first kappa shape index (κ1) is 7.59. The average Bonchev–Trinajstić information content (AvgIpc) is 2.85. The van der Waals surface area contributed by atoms with Crippen LogP contribution in [0.4, 0.5) is 0 Å². The lowest BCUT2D eigenvalue weighted by Crippen LogP contribution is -1.95. The van der Waals surface area contributed by atoms with Crippen LogP contribution in [0.2, 0.25) is 0 Å². The van der Waals surface area contributed by atoms with E-state index in [4.69, 9.17) is 5.11 Å². The van der Waals surface area contributed by atoms with E-state index >= 15 is 0 Å². The van der Waals surface area contributed by atoms with E-state index in [-0.39, 0.29) is 5.88 Å². The van der Waals surface area contributed by atoms with E-state index in [1.54, 1.807) is 12.3 Å². The number of rotatable bonds is 2. The molecule has 0 amide bonds. The Kier molecular flexibility index (Phi) is 1.75. The maximum atomic E-state index is 9.13. The third-order valence-corrected chi connectivity index (χ3v) is 2.39. The lowest BCUT2D eigenvalue weighted by Gasteiger charge is -2.09. The summed E-state index contributed by atoms with van der Waals surface area (Å²) < 4.78 is 0. The molecule has 1 atom stereocenters. The first-order chi connectivity index (χ1) is 5.77. The number of hydrogen-bond acceptors (Lipinski definition) is 2. The molecule has 1 N–H and O–H groups in total. The fraction of sp³-hybridized carbons (Fsp3) is 0.400. The molecule has 0 saturated heterocycles. The van der Waals surface area contributed by atoms with Gasteiger partial charge in [-0.15, -0.1) is 0 Å².